The number of carbonyl (C=O) groups excluding carboxylic acids is 1. The first-order chi connectivity index (χ1) is 12.2. The summed E-state index contributed by atoms with van der Waals surface area (Å²) in [7, 11) is 0. The quantitative estimate of drug-likeness (QED) is 0.323. The molecule has 3 nitrogen and oxygen atoms in total. The van der Waals surface area contributed by atoms with Gasteiger partial charge in [0.05, 0.1) is 6.61 Å². The van der Waals surface area contributed by atoms with E-state index in [4.69, 9.17) is 9.47 Å². The molecule has 130 valence electrons. The molecule has 0 aliphatic carbocycles. The van der Waals surface area contributed by atoms with Gasteiger partial charge in [-0.2, -0.15) is 0 Å². The van der Waals surface area contributed by atoms with Crippen molar-refractivity contribution in [3.63, 3.8) is 0 Å². The summed E-state index contributed by atoms with van der Waals surface area (Å²) in [5, 5.41) is 4.18. The molecular formula is C22H24O3. The molecule has 0 spiro atoms. The fraction of sp³-hybridized carbons (Fsp3) is 0.318. The van der Waals surface area contributed by atoms with Gasteiger partial charge in [0, 0.05) is 10.8 Å². The lowest BCUT2D eigenvalue weighted by molar-refractivity contribution is 0.100. The van der Waals surface area contributed by atoms with E-state index >= 15 is 0 Å². The van der Waals surface area contributed by atoms with Gasteiger partial charge in [-0.3, -0.25) is 0 Å². The first-order valence-corrected chi connectivity index (χ1v) is 9.00. The minimum Gasteiger partial charge on any atom is -0.434 e. The molecular weight excluding hydrogens is 312 g/mol. The number of hydrogen-bond donors (Lipinski definition) is 0. The fourth-order valence-electron chi connectivity index (χ4n) is 3.30. The van der Waals surface area contributed by atoms with E-state index in [1.54, 1.807) is 0 Å². The maximum Gasteiger partial charge on any atom is 0.513 e. The predicted octanol–water partition coefficient (Wildman–Crippen LogP) is 6.04. The molecule has 3 aromatic carbocycles. The Morgan fingerprint density at radius 3 is 2.36 bits per heavy atom. The molecule has 0 aliphatic heterocycles. The van der Waals surface area contributed by atoms with Gasteiger partial charge in [-0.15, -0.1) is 0 Å². The van der Waals surface area contributed by atoms with E-state index in [1.807, 2.05) is 19.1 Å². The van der Waals surface area contributed by atoms with Crippen LogP contribution in [0.25, 0.3) is 21.5 Å². The van der Waals surface area contributed by atoms with Crippen molar-refractivity contribution in [1.82, 2.24) is 0 Å². The Balaban J connectivity index is 2.28. The smallest absolute Gasteiger partial charge is 0.434 e. The Bertz CT molecular complexity index is 912. The van der Waals surface area contributed by atoms with E-state index in [1.165, 1.54) is 11.1 Å². The second kappa shape index (κ2) is 7.56. The summed E-state index contributed by atoms with van der Waals surface area (Å²) < 4.78 is 10.9. The van der Waals surface area contributed by atoms with Gasteiger partial charge in [0.15, 0.2) is 0 Å². The second-order valence-electron chi connectivity index (χ2n) is 6.14. The molecule has 0 amide bonds. The Hall–Kier alpha value is -2.55. The molecule has 0 atom stereocenters. The molecule has 3 heteroatoms. The third kappa shape index (κ3) is 3.32. The van der Waals surface area contributed by atoms with Crippen LogP contribution < -0.4 is 4.74 Å². The van der Waals surface area contributed by atoms with E-state index < -0.39 is 6.16 Å². The van der Waals surface area contributed by atoms with Crippen molar-refractivity contribution in [2.24, 2.45) is 0 Å². The van der Waals surface area contributed by atoms with Crippen molar-refractivity contribution in [3.8, 4) is 5.75 Å². The van der Waals surface area contributed by atoms with Crippen LogP contribution in [-0.2, 0) is 17.6 Å². The molecule has 0 aromatic heterocycles. The minimum absolute atomic E-state index is 0.363. The van der Waals surface area contributed by atoms with E-state index in [9.17, 15) is 4.79 Å². The summed E-state index contributed by atoms with van der Waals surface area (Å²) in [5.74, 6) is 0.612. The van der Waals surface area contributed by atoms with E-state index in [0.29, 0.717) is 12.4 Å². The summed E-state index contributed by atoms with van der Waals surface area (Å²) >= 11 is 0. The van der Waals surface area contributed by atoms with Crippen LogP contribution in [-0.4, -0.2) is 12.8 Å². The van der Waals surface area contributed by atoms with E-state index in [-0.39, 0.29) is 0 Å². The molecule has 0 saturated carbocycles. The first-order valence-electron chi connectivity index (χ1n) is 9.00. The van der Waals surface area contributed by atoms with Crippen LogP contribution in [0.1, 0.15) is 38.3 Å². The number of rotatable bonds is 5. The fourth-order valence-corrected chi connectivity index (χ4v) is 3.30. The summed E-state index contributed by atoms with van der Waals surface area (Å²) in [6.07, 6.45) is 1.93. The molecule has 0 saturated heterocycles. The topological polar surface area (TPSA) is 35.5 Å². The van der Waals surface area contributed by atoms with Gasteiger partial charge in [0.1, 0.15) is 5.75 Å². The van der Waals surface area contributed by atoms with Gasteiger partial charge in [-0.25, -0.2) is 4.79 Å². The monoisotopic (exact) mass is 336 g/mol. The number of hydrogen-bond acceptors (Lipinski definition) is 3. The number of ether oxygens (including phenoxy) is 2. The van der Waals surface area contributed by atoms with E-state index in [2.05, 4.69) is 44.2 Å². The minimum atomic E-state index is -0.636. The van der Waals surface area contributed by atoms with Crippen molar-refractivity contribution >= 4 is 27.7 Å². The van der Waals surface area contributed by atoms with Crippen molar-refractivity contribution in [3.05, 3.63) is 53.6 Å². The summed E-state index contributed by atoms with van der Waals surface area (Å²) in [4.78, 5) is 12.2. The average molecular weight is 336 g/mol. The third-order valence-electron chi connectivity index (χ3n) is 4.52. The Morgan fingerprint density at radius 1 is 0.920 bits per heavy atom. The summed E-state index contributed by atoms with van der Waals surface area (Å²) in [6.45, 7) is 6.57. The highest BCUT2D eigenvalue weighted by Crippen LogP contribution is 2.38. The molecule has 0 radical (unpaired) electrons. The molecule has 0 unspecified atom stereocenters. The van der Waals surface area contributed by atoms with Gasteiger partial charge >= 0.3 is 6.16 Å². The van der Waals surface area contributed by atoms with Gasteiger partial charge in [0.2, 0.25) is 0 Å². The van der Waals surface area contributed by atoms with Crippen LogP contribution >= 0.6 is 0 Å². The summed E-state index contributed by atoms with van der Waals surface area (Å²) in [6, 6.07) is 14.6. The lowest BCUT2D eigenvalue weighted by atomic mass is 9.94. The zero-order chi connectivity index (χ0) is 17.8. The van der Waals surface area contributed by atoms with Gasteiger partial charge < -0.3 is 9.47 Å². The highest BCUT2D eigenvalue weighted by molar-refractivity contribution is 6.08. The van der Waals surface area contributed by atoms with Gasteiger partial charge in [-0.05, 0) is 47.2 Å². The van der Waals surface area contributed by atoms with Crippen LogP contribution in [0.15, 0.2) is 42.5 Å². The number of benzene rings is 3. The largest absolute Gasteiger partial charge is 0.513 e. The molecule has 0 heterocycles. The van der Waals surface area contributed by atoms with Crippen molar-refractivity contribution in [2.45, 2.75) is 40.0 Å². The van der Waals surface area contributed by atoms with Gasteiger partial charge in [0.25, 0.3) is 0 Å². The number of aryl methyl sites for hydroxylation is 2. The molecule has 0 aliphatic rings. The highest BCUT2D eigenvalue weighted by atomic mass is 16.7. The molecule has 3 aromatic rings. The standard InChI is InChI=1S/C22H24O3/c1-4-13-24-22(23)25-21-18-12-8-9-15(5-2)19(18)14-17-11-7-10-16(6-3)20(17)21/h7-12,14H,4-6,13H2,1-3H3. The zero-order valence-corrected chi connectivity index (χ0v) is 15.1. The molecule has 0 bridgehead atoms. The lowest BCUT2D eigenvalue weighted by Crippen LogP contribution is -2.12. The summed E-state index contributed by atoms with van der Waals surface area (Å²) in [5.41, 5.74) is 2.41. The lowest BCUT2D eigenvalue weighted by Gasteiger charge is -2.16. The van der Waals surface area contributed by atoms with Crippen LogP contribution in [0.3, 0.4) is 0 Å². The molecule has 0 fully saturated rings. The zero-order valence-electron chi connectivity index (χ0n) is 15.1. The number of carbonyl (C=O) groups is 1. The second-order valence-corrected chi connectivity index (χ2v) is 6.14. The first kappa shape index (κ1) is 17.3. The van der Waals surface area contributed by atoms with Crippen LogP contribution in [0.2, 0.25) is 0 Å². The van der Waals surface area contributed by atoms with Crippen molar-refractivity contribution < 1.29 is 14.3 Å². The predicted molar refractivity (Wildman–Crippen MR) is 102 cm³/mol. The van der Waals surface area contributed by atoms with Gasteiger partial charge in [-0.1, -0.05) is 57.2 Å². The molecule has 0 N–H and O–H groups in total. The van der Waals surface area contributed by atoms with Crippen LogP contribution in [0.4, 0.5) is 4.79 Å². The highest BCUT2D eigenvalue weighted by Gasteiger charge is 2.17. The third-order valence-corrected chi connectivity index (χ3v) is 4.52. The maximum atomic E-state index is 12.2. The van der Waals surface area contributed by atoms with Crippen molar-refractivity contribution in [1.29, 1.82) is 0 Å². The Labute approximate surface area is 148 Å². The maximum absolute atomic E-state index is 12.2. The Kier molecular flexibility index (Phi) is 5.22. The normalized spacial score (nSPS) is 11.0. The average Bonchev–Trinajstić information content (AvgIpc) is 2.65. The molecule has 25 heavy (non-hydrogen) atoms. The van der Waals surface area contributed by atoms with Crippen LogP contribution in [0.5, 0.6) is 5.75 Å². The SMILES string of the molecule is CCCOC(=O)Oc1c2cccc(CC)c2cc2cccc(CC)c12. The number of fused-ring (bicyclic) bond motifs is 2. The van der Waals surface area contributed by atoms with Crippen LogP contribution in [0, 0.1) is 0 Å². The van der Waals surface area contributed by atoms with Crippen molar-refractivity contribution in [2.75, 3.05) is 6.61 Å². The van der Waals surface area contributed by atoms with E-state index in [0.717, 1.165) is 40.8 Å². The Morgan fingerprint density at radius 2 is 1.64 bits per heavy atom. The molecule has 3 rings (SSSR count).